The highest BCUT2D eigenvalue weighted by Gasteiger charge is 2.19. The molecular weight excluding hydrogens is 352 g/mol. The van der Waals surface area contributed by atoms with Gasteiger partial charge in [0.15, 0.2) is 0 Å². The van der Waals surface area contributed by atoms with Crippen molar-refractivity contribution < 1.29 is 9.47 Å². The van der Waals surface area contributed by atoms with Gasteiger partial charge in [0, 0.05) is 16.1 Å². The molecule has 2 aromatic rings. The van der Waals surface area contributed by atoms with Gasteiger partial charge in [-0.1, -0.05) is 45.2 Å². The fourth-order valence-electron chi connectivity index (χ4n) is 2.22. The number of rotatable bonds is 5. The summed E-state index contributed by atoms with van der Waals surface area (Å²) in [5.41, 5.74) is 3.23. The van der Waals surface area contributed by atoms with Gasteiger partial charge in [-0.3, -0.25) is 0 Å². The van der Waals surface area contributed by atoms with Crippen molar-refractivity contribution in [2.45, 2.75) is 18.7 Å². The molecule has 0 aromatic heterocycles. The first-order chi connectivity index (χ1) is 10.1. The molecule has 0 aliphatic heterocycles. The third kappa shape index (κ3) is 3.72. The van der Waals surface area contributed by atoms with Gasteiger partial charge in [0.2, 0.25) is 0 Å². The van der Waals surface area contributed by atoms with E-state index < -0.39 is 0 Å². The average molecular weight is 370 g/mol. The van der Waals surface area contributed by atoms with E-state index >= 15 is 0 Å². The summed E-state index contributed by atoms with van der Waals surface area (Å²) >= 11 is 9.89. The molecule has 1 atom stereocenters. The zero-order valence-corrected chi connectivity index (χ0v) is 14.7. The number of aryl methyl sites for hydroxylation is 1. The molecule has 0 saturated carbocycles. The Morgan fingerprint density at radius 3 is 2.43 bits per heavy atom. The van der Waals surface area contributed by atoms with Crippen molar-refractivity contribution >= 4 is 27.5 Å². The maximum absolute atomic E-state index is 6.13. The molecule has 0 heterocycles. The highest BCUT2D eigenvalue weighted by atomic mass is 79.9. The van der Waals surface area contributed by atoms with E-state index in [1.165, 1.54) is 5.56 Å². The summed E-state index contributed by atoms with van der Waals surface area (Å²) in [5, 5.41) is 0.681. The molecule has 0 bridgehead atoms. The first kappa shape index (κ1) is 16.2. The predicted octanol–water partition coefficient (Wildman–Crippen LogP) is 5.54. The topological polar surface area (TPSA) is 18.5 Å². The van der Waals surface area contributed by atoms with E-state index in [2.05, 4.69) is 28.9 Å². The van der Waals surface area contributed by atoms with E-state index in [4.69, 9.17) is 21.1 Å². The quantitative estimate of drug-likeness (QED) is 0.644. The summed E-state index contributed by atoms with van der Waals surface area (Å²) in [5.74, 6) is 1.66. The monoisotopic (exact) mass is 368 g/mol. The third-order valence-electron chi connectivity index (χ3n) is 3.20. The largest absolute Gasteiger partial charge is 0.496 e. The van der Waals surface area contributed by atoms with E-state index in [-0.39, 0.29) is 4.83 Å². The first-order valence-electron chi connectivity index (χ1n) is 6.77. The van der Waals surface area contributed by atoms with Gasteiger partial charge in [0.25, 0.3) is 0 Å². The van der Waals surface area contributed by atoms with Crippen LogP contribution in [-0.4, -0.2) is 13.7 Å². The molecule has 0 amide bonds. The number of hydrogen-bond donors (Lipinski definition) is 0. The second-order valence-electron chi connectivity index (χ2n) is 4.72. The minimum Gasteiger partial charge on any atom is -0.496 e. The molecule has 2 aromatic carbocycles. The summed E-state index contributed by atoms with van der Waals surface area (Å²) in [6.07, 6.45) is 0. The lowest BCUT2D eigenvalue weighted by molar-refractivity contribution is 0.336. The Kier molecular flexibility index (Phi) is 5.54. The van der Waals surface area contributed by atoms with Crippen LogP contribution >= 0.6 is 27.5 Å². The molecule has 0 aliphatic carbocycles. The Bertz CT molecular complexity index is 628. The minimum absolute atomic E-state index is 0.0485. The van der Waals surface area contributed by atoms with Crippen LogP contribution in [0.5, 0.6) is 11.5 Å². The molecule has 0 aliphatic rings. The molecule has 112 valence electrons. The van der Waals surface area contributed by atoms with Crippen LogP contribution in [0.25, 0.3) is 0 Å². The average Bonchev–Trinajstić information content (AvgIpc) is 2.48. The number of alkyl halides is 1. The van der Waals surface area contributed by atoms with Crippen LogP contribution in [0.4, 0.5) is 0 Å². The van der Waals surface area contributed by atoms with Crippen molar-refractivity contribution in [3.05, 3.63) is 58.1 Å². The van der Waals surface area contributed by atoms with Gasteiger partial charge < -0.3 is 9.47 Å². The molecule has 0 saturated heterocycles. The second-order valence-corrected chi connectivity index (χ2v) is 6.08. The van der Waals surface area contributed by atoms with Crippen LogP contribution in [0, 0.1) is 6.92 Å². The number of methoxy groups -OCH3 is 1. The lowest BCUT2D eigenvalue weighted by atomic mass is 10.0. The maximum atomic E-state index is 6.13. The van der Waals surface area contributed by atoms with Crippen LogP contribution in [0.3, 0.4) is 0 Å². The lowest BCUT2D eigenvalue weighted by Crippen LogP contribution is -2.02. The fourth-order valence-corrected chi connectivity index (χ4v) is 3.12. The molecule has 0 radical (unpaired) electrons. The van der Waals surface area contributed by atoms with Crippen molar-refractivity contribution in [3.63, 3.8) is 0 Å². The van der Waals surface area contributed by atoms with Gasteiger partial charge in [0.05, 0.1) is 18.5 Å². The van der Waals surface area contributed by atoms with E-state index in [1.807, 2.05) is 37.3 Å². The van der Waals surface area contributed by atoms with Gasteiger partial charge >= 0.3 is 0 Å². The molecule has 0 spiro atoms. The predicted molar refractivity (Wildman–Crippen MR) is 91.1 cm³/mol. The van der Waals surface area contributed by atoms with Gasteiger partial charge in [0.1, 0.15) is 11.5 Å². The smallest absolute Gasteiger partial charge is 0.123 e. The van der Waals surface area contributed by atoms with Crippen LogP contribution in [0.1, 0.15) is 28.4 Å². The summed E-state index contributed by atoms with van der Waals surface area (Å²) in [6.45, 7) is 4.67. The Labute approximate surface area is 139 Å². The Balaban J connectivity index is 2.51. The molecule has 2 rings (SSSR count). The Morgan fingerprint density at radius 2 is 1.76 bits per heavy atom. The lowest BCUT2D eigenvalue weighted by Gasteiger charge is -2.19. The van der Waals surface area contributed by atoms with E-state index in [9.17, 15) is 0 Å². The number of benzene rings is 2. The second kappa shape index (κ2) is 7.19. The number of ether oxygens (including phenoxy) is 2. The van der Waals surface area contributed by atoms with Crippen molar-refractivity contribution in [1.29, 1.82) is 0 Å². The number of hydrogen-bond acceptors (Lipinski definition) is 2. The van der Waals surface area contributed by atoms with E-state index in [0.717, 1.165) is 22.6 Å². The van der Waals surface area contributed by atoms with E-state index in [0.29, 0.717) is 11.6 Å². The van der Waals surface area contributed by atoms with Crippen molar-refractivity contribution in [2.24, 2.45) is 0 Å². The zero-order valence-electron chi connectivity index (χ0n) is 12.3. The molecule has 2 nitrogen and oxygen atoms in total. The molecule has 4 heteroatoms. The summed E-state index contributed by atoms with van der Waals surface area (Å²) < 4.78 is 11.2. The molecule has 21 heavy (non-hydrogen) atoms. The van der Waals surface area contributed by atoms with Gasteiger partial charge in [-0.05, 0) is 38.1 Å². The van der Waals surface area contributed by atoms with Crippen molar-refractivity contribution in [1.82, 2.24) is 0 Å². The molecule has 1 unspecified atom stereocenters. The van der Waals surface area contributed by atoms with Gasteiger partial charge in [-0.25, -0.2) is 0 Å². The van der Waals surface area contributed by atoms with Crippen LogP contribution in [-0.2, 0) is 0 Å². The highest BCUT2D eigenvalue weighted by molar-refractivity contribution is 9.09. The molecular formula is C17H18BrClO2. The standard InChI is InChI=1S/C17H18BrClO2/c1-4-21-16-7-5-11(2)9-13(16)17(18)14-10-12(19)6-8-15(14)20-3/h5-10,17H,4H2,1-3H3. The zero-order chi connectivity index (χ0) is 15.4. The van der Waals surface area contributed by atoms with Crippen LogP contribution in [0.15, 0.2) is 36.4 Å². The summed E-state index contributed by atoms with van der Waals surface area (Å²) in [6, 6.07) is 11.8. The van der Waals surface area contributed by atoms with Gasteiger partial charge in [-0.15, -0.1) is 0 Å². The SMILES string of the molecule is CCOc1ccc(C)cc1C(Br)c1cc(Cl)ccc1OC. The third-order valence-corrected chi connectivity index (χ3v) is 4.42. The molecule has 0 N–H and O–H groups in total. The van der Waals surface area contributed by atoms with Gasteiger partial charge in [-0.2, -0.15) is 0 Å². The first-order valence-corrected chi connectivity index (χ1v) is 8.07. The summed E-state index contributed by atoms with van der Waals surface area (Å²) in [4.78, 5) is -0.0485. The van der Waals surface area contributed by atoms with Crippen LogP contribution < -0.4 is 9.47 Å². The van der Waals surface area contributed by atoms with Crippen molar-refractivity contribution in [2.75, 3.05) is 13.7 Å². The summed E-state index contributed by atoms with van der Waals surface area (Å²) in [7, 11) is 1.66. The van der Waals surface area contributed by atoms with E-state index in [1.54, 1.807) is 7.11 Å². The maximum Gasteiger partial charge on any atom is 0.123 e. The molecule has 0 fully saturated rings. The minimum atomic E-state index is -0.0485. The van der Waals surface area contributed by atoms with Crippen LogP contribution in [0.2, 0.25) is 5.02 Å². The number of halogens is 2. The fraction of sp³-hybridized carbons (Fsp3) is 0.294. The highest BCUT2D eigenvalue weighted by Crippen LogP contribution is 2.41. The Hall–Kier alpha value is -1.19. The van der Waals surface area contributed by atoms with Crippen molar-refractivity contribution in [3.8, 4) is 11.5 Å². The normalized spacial score (nSPS) is 12.0. The Morgan fingerprint density at radius 1 is 1.10 bits per heavy atom.